The Balaban J connectivity index is 1.15. The molecule has 7 nitrogen and oxygen atoms in total. The lowest BCUT2D eigenvalue weighted by Gasteiger charge is -2.13. The molecule has 0 saturated heterocycles. The third kappa shape index (κ3) is 6.54. The second kappa shape index (κ2) is 14.2. The molecule has 0 atom stereocenters. The molecule has 3 aromatic heterocycles. The largest absolute Gasteiger partial charge is 0.237 e. The van der Waals surface area contributed by atoms with Crippen LogP contribution < -0.4 is 0 Å². The van der Waals surface area contributed by atoms with Gasteiger partial charge >= 0.3 is 0 Å². The minimum Gasteiger partial charge on any atom is -0.237 e. The lowest BCUT2D eigenvalue weighted by Crippen LogP contribution is -2.01. The van der Waals surface area contributed by atoms with Crippen molar-refractivity contribution < 1.29 is 0 Å². The van der Waals surface area contributed by atoms with Gasteiger partial charge in [0.25, 0.3) is 0 Å². The van der Waals surface area contributed by atoms with Crippen molar-refractivity contribution in [3.8, 4) is 79.2 Å². The van der Waals surface area contributed by atoms with Gasteiger partial charge in [-0.1, -0.05) is 121 Å². The summed E-state index contributed by atoms with van der Waals surface area (Å²) in [7, 11) is 0. The summed E-state index contributed by atoms with van der Waals surface area (Å²) in [5.41, 5.74) is 8.73. The quantitative estimate of drug-likeness (QED) is 0.162. The fraction of sp³-hybridized carbons (Fsp3) is 0. The third-order valence-electron chi connectivity index (χ3n) is 9.93. The van der Waals surface area contributed by atoms with Gasteiger partial charge in [0.2, 0.25) is 0 Å². The molecule has 7 aromatic carbocycles. The van der Waals surface area contributed by atoms with Crippen molar-refractivity contribution in [1.82, 2.24) is 34.9 Å². The van der Waals surface area contributed by atoms with Crippen molar-refractivity contribution in [2.45, 2.75) is 0 Å². The fourth-order valence-corrected chi connectivity index (χ4v) is 7.03. The van der Waals surface area contributed by atoms with Gasteiger partial charge in [0, 0.05) is 52.6 Å². The fourth-order valence-electron chi connectivity index (χ4n) is 7.03. The summed E-state index contributed by atoms with van der Waals surface area (Å²) >= 11 is 0. The lowest BCUT2D eigenvalue weighted by atomic mass is 9.94. The first-order valence-electron chi connectivity index (χ1n) is 18.4. The number of rotatable bonds is 7. The van der Waals surface area contributed by atoms with E-state index in [0.717, 1.165) is 71.6 Å². The van der Waals surface area contributed by atoms with Gasteiger partial charge in [0.15, 0.2) is 29.1 Å². The van der Waals surface area contributed by atoms with Crippen LogP contribution in [0, 0.1) is 0 Å². The average molecular weight is 718 g/mol. The molecule has 0 fully saturated rings. The highest BCUT2D eigenvalue weighted by atomic mass is 15.0. The highest BCUT2D eigenvalue weighted by Gasteiger charge is 2.16. The molecule has 7 heteroatoms. The normalized spacial score (nSPS) is 11.2. The maximum Gasteiger partial charge on any atom is 0.164 e. The molecule has 0 amide bonds. The van der Waals surface area contributed by atoms with Crippen molar-refractivity contribution in [3.05, 3.63) is 189 Å². The maximum absolute atomic E-state index is 5.19. The van der Waals surface area contributed by atoms with E-state index in [1.54, 1.807) is 24.8 Å². The first-order chi connectivity index (χ1) is 27.7. The zero-order chi connectivity index (χ0) is 37.3. The summed E-state index contributed by atoms with van der Waals surface area (Å²) in [6.45, 7) is 0. The Labute approximate surface area is 323 Å². The third-order valence-corrected chi connectivity index (χ3v) is 9.93. The van der Waals surface area contributed by atoms with Crippen LogP contribution >= 0.6 is 0 Å². The Hall–Kier alpha value is -7.77. The van der Waals surface area contributed by atoms with E-state index < -0.39 is 0 Å². The summed E-state index contributed by atoms with van der Waals surface area (Å²) < 4.78 is 0. The average Bonchev–Trinajstić information content (AvgIpc) is 3.29. The van der Waals surface area contributed by atoms with E-state index in [1.807, 2.05) is 12.1 Å². The SMILES string of the molecule is c1cnc(-c2ccc(-c3cc(-c4ccc(-c5ncccn5)cc4)cc(-c4nc(-c5ccc6ccccc6c5)nc(-c5ccc6ccccc6c5)n4)c3)cc2)nc1. The highest BCUT2D eigenvalue weighted by Crippen LogP contribution is 2.35. The zero-order valence-corrected chi connectivity index (χ0v) is 30.0. The molecule has 10 aromatic rings. The van der Waals surface area contributed by atoms with Gasteiger partial charge in [0.1, 0.15) is 0 Å². The van der Waals surface area contributed by atoms with Crippen LogP contribution in [-0.2, 0) is 0 Å². The van der Waals surface area contributed by atoms with Crippen molar-refractivity contribution in [3.63, 3.8) is 0 Å². The van der Waals surface area contributed by atoms with Crippen molar-refractivity contribution in [1.29, 1.82) is 0 Å². The number of benzene rings is 7. The van der Waals surface area contributed by atoms with E-state index in [1.165, 1.54) is 0 Å². The van der Waals surface area contributed by atoms with Crippen molar-refractivity contribution >= 4 is 21.5 Å². The molecular weight excluding hydrogens is 687 g/mol. The number of aromatic nitrogens is 7. The van der Waals surface area contributed by atoms with E-state index in [2.05, 4.69) is 172 Å². The van der Waals surface area contributed by atoms with Gasteiger partial charge < -0.3 is 0 Å². The van der Waals surface area contributed by atoms with Crippen LogP contribution in [0.4, 0.5) is 0 Å². The van der Waals surface area contributed by atoms with Crippen LogP contribution in [0.1, 0.15) is 0 Å². The Morgan fingerprint density at radius 2 is 0.554 bits per heavy atom. The summed E-state index contributed by atoms with van der Waals surface area (Å²) in [4.78, 5) is 33.3. The van der Waals surface area contributed by atoms with Crippen molar-refractivity contribution in [2.24, 2.45) is 0 Å². The van der Waals surface area contributed by atoms with E-state index >= 15 is 0 Å². The van der Waals surface area contributed by atoms with Gasteiger partial charge in [-0.3, -0.25) is 0 Å². The van der Waals surface area contributed by atoms with E-state index in [-0.39, 0.29) is 0 Å². The molecule has 262 valence electrons. The van der Waals surface area contributed by atoms with Gasteiger partial charge in [-0.2, -0.15) is 0 Å². The molecule has 0 aliphatic rings. The molecular formula is C49H31N7. The second-order valence-corrected chi connectivity index (χ2v) is 13.5. The predicted octanol–water partition coefficient (Wildman–Crippen LogP) is 11.4. The van der Waals surface area contributed by atoms with Gasteiger partial charge in [-0.05, 0) is 86.3 Å². The van der Waals surface area contributed by atoms with Crippen LogP contribution in [0.25, 0.3) is 101 Å². The van der Waals surface area contributed by atoms with Crippen LogP contribution in [0.5, 0.6) is 0 Å². The smallest absolute Gasteiger partial charge is 0.164 e. The molecule has 0 radical (unpaired) electrons. The molecule has 0 saturated carbocycles. The molecule has 0 bridgehead atoms. The predicted molar refractivity (Wildman–Crippen MR) is 224 cm³/mol. The molecule has 0 spiro atoms. The Bertz CT molecular complexity index is 2810. The van der Waals surface area contributed by atoms with Crippen LogP contribution in [0.15, 0.2) is 189 Å². The molecule has 0 N–H and O–H groups in total. The van der Waals surface area contributed by atoms with Crippen LogP contribution in [0.2, 0.25) is 0 Å². The summed E-state index contributed by atoms with van der Waals surface area (Å²) in [5.74, 6) is 3.16. The highest BCUT2D eigenvalue weighted by molar-refractivity contribution is 5.89. The molecule has 56 heavy (non-hydrogen) atoms. The Morgan fingerprint density at radius 1 is 0.214 bits per heavy atom. The first kappa shape index (κ1) is 32.8. The van der Waals surface area contributed by atoms with Crippen LogP contribution in [-0.4, -0.2) is 34.9 Å². The van der Waals surface area contributed by atoms with Gasteiger partial charge in [-0.25, -0.2) is 34.9 Å². The number of fused-ring (bicyclic) bond motifs is 2. The monoisotopic (exact) mass is 717 g/mol. The summed E-state index contributed by atoms with van der Waals surface area (Å²) in [6.07, 6.45) is 7.03. The van der Waals surface area contributed by atoms with Crippen LogP contribution in [0.3, 0.4) is 0 Å². The van der Waals surface area contributed by atoms with E-state index in [9.17, 15) is 0 Å². The molecule has 0 aliphatic carbocycles. The molecule has 0 aliphatic heterocycles. The first-order valence-corrected chi connectivity index (χ1v) is 18.4. The zero-order valence-electron chi connectivity index (χ0n) is 30.0. The minimum absolute atomic E-state index is 0.582. The molecule has 0 unspecified atom stereocenters. The van der Waals surface area contributed by atoms with Gasteiger partial charge in [-0.15, -0.1) is 0 Å². The van der Waals surface area contributed by atoms with E-state index in [4.69, 9.17) is 15.0 Å². The number of hydrogen-bond donors (Lipinski definition) is 0. The number of nitrogens with zero attached hydrogens (tertiary/aromatic N) is 7. The maximum atomic E-state index is 5.19. The van der Waals surface area contributed by atoms with E-state index in [0.29, 0.717) is 29.1 Å². The standard InChI is InChI=1S/C49H31N7/c1-3-9-38-27-40(21-15-32(38)7-1)47-54-48(41-22-16-33-8-2-4-10-39(33)28-41)56-49(55-47)44-30-42(34-11-17-36(18-12-34)45-50-23-5-24-51-45)29-43(31-44)35-13-19-37(20-14-35)46-52-25-6-26-53-46/h1-31H. The minimum atomic E-state index is 0.582. The topological polar surface area (TPSA) is 90.2 Å². The lowest BCUT2D eigenvalue weighted by molar-refractivity contribution is 1.08. The Morgan fingerprint density at radius 3 is 0.982 bits per heavy atom. The molecule has 10 rings (SSSR count). The summed E-state index contributed by atoms with van der Waals surface area (Å²) in [6, 6.07) is 56.2. The molecule has 3 heterocycles. The second-order valence-electron chi connectivity index (χ2n) is 13.5. The Kier molecular flexibility index (Phi) is 8.35. The summed E-state index contributed by atoms with van der Waals surface area (Å²) in [5, 5.41) is 4.56. The van der Waals surface area contributed by atoms with Crippen molar-refractivity contribution in [2.75, 3.05) is 0 Å². The number of hydrogen-bond acceptors (Lipinski definition) is 7. The van der Waals surface area contributed by atoms with Gasteiger partial charge in [0.05, 0.1) is 0 Å².